The van der Waals surface area contributed by atoms with Gasteiger partial charge in [-0.1, -0.05) is 13.8 Å². The normalized spacial score (nSPS) is 27.2. The number of aliphatic hydroxyl groups excluding tert-OH is 1. The van der Waals surface area contributed by atoms with E-state index in [4.69, 9.17) is 19.5 Å². The van der Waals surface area contributed by atoms with Gasteiger partial charge in [-0.15, -0.1) is 0 Å². The maximum atomic E-state index is 12.1. The molecule has 0 radical (unpaired) electrons. The monoisotopic (exact) mass is 529 g/mol. The lowest BCUT2D eigenvalue weighted by Crippen LogP contribution is -2.34. The highest BCUT2D eigenvalue weighted by molar-refractivity contribution is 7.61. The number of ether oxygens (including phenoxy) is 1. The van der Waals surface area contributed by atoms with Crippen molar-refractivity contribution in [1.82, 2.24) is 19.5 Å². The number of aliphatic hydroxyl groups is 1. The van der Waals surface area contributed by atoms with E-state index in [0.717, 1.165) is 0 Å². The Hall–Kier alpha value is -1.41. The number of phosphoric acid groups is 2. The van der Waals surface area contributed by atoms with Gasteiger partial charge in [0, 0.05) is 0 Å². The highest BCUT2D eigenvalue weighted by atomic mass is 31.3. The SMILES string of the molecule is CC(C)COP(=O)(O)OP(=O)(O)OC[C@H]1O[C@@H](n2cnc3c(N)ncnc32)[C@H](O)[C@@H]1OP=O. The lowest BCUT2D eigenvalue weighted by Gasteiger charge is -2.20. The molecule has 1 aliphatic heterocycles. The van der Waals surface area contributed by atoms with Gasteiger partial charge in [-0.3, -0.25) is 18.1 Å². The van der Waals surface area contributed by atoms with Gasteiger partial charge in [0.2, 0.25) is 0 Å². The Morgan fingerprint density at radius 1 is 1.24 bits per heavy atom. The molecule has 0 aliphatic carbocycles. The molecule has 0 aromatic carbocycles. The molecule has 0 saturated carbocycles. The van der Waals surface area contributed by atoms with Gasteiger partial charge in [0.05, 0.1) is 19.5 Å². The molecule has 0 spiro atoms. The van der Waals surface area contributed by atoms with Crippen LogP contribution in [0.1, 0.15) is 20.1 Å². The molecule has 33 heavy (non-hydrogen) atoms. The molecule has 6 atom stereocenters. The molecule has 0 amide bonds. The van der Waals surface area contributed by atoms with Crippen molar-refractivity contribution < 1.29 is 51.2 Å². The summed E-state index contributed by atoms with van der Waals surface area (Å²) in [5.74, 6) is -0.0640. The second-order valence-electron chi connectivity index (χ2n) is 7.29. The maximum Gasteiger partial charge on any atom is 0.481 e. The van der Waals surface area contributed by atoms with Gasteiger partial charge in [-0.2, -0.15) is 4.31 Å². The number of nitrogens with zero attached hydrogens (tertiary/aromatic N) is 4. The molecule has 16 nitrogen and oxygen atoms in total. The third-order valence-corrected chi connectivity index (χ3v) is 7.25. The number of aromatic nitrogens is 4. The maximum absolute atomic E-state index is 12.1. The summed E-state index contributed by atoms with van der Waals surface area (Å²) in [6.07, 6.45) is -2.76. The highest BCUT2D eigenvalue weighted by Crippen LogP contribution is 2.60. The number of anilines is 1. The van der Waals surface area contributed by atoms with Crippen LogP contribution in [-0.2, 0) is 36.3 Å². The Kier molecular flexibility index (Phi) is 8.31. The fourth-order valence-corrected chi connectivity index (χ4v) is 5.51. The van der Waals surface area contributed by atoms with Gasteiger partial charge in [-0.05, 0) is 5.92 Å². The summed E-state index contributed by atoms with van der Waals surface area (Å²) in [5.41, 5.74) is 6.20. The van der Waals surface area contributed by atoms with Crippen LogP contribution in [0, 0.1) is 5.92 Å². The zero-order chi connectivity index (χ0) is 24.4. The molecule has 1 fully saturated rings. The molecule has 19 heteroatoms. The standard InChI is InChI=1S/C14H22N5O11P3/c1-7(2)3-26-32(22,23)30-33(24,25)27-4-8-11(29-31-21)10(20)14(28-8)19-6-18-9-12(15)16-5-17-13(9)19/h5-8,10-11,14,20H,3-4H2,1-2H3,(H,22,23)(H,24,25)(H2,15,16,17)/t8-,10-,11-,14-/m1/s1. The minimum absolute atomic E-state index is 0.0866. The van der Waals surface area contributed by atoms with Gasteiger partial charge in [-0.25, -0.2) is 28.6 Å². The average molecular weight is 529 g/mol. The molecule has 3 heterocycles. The van der Waals surface area contributed by atoms with Gasteiger partial charge >= 0.3 is 24.3 Å². The van der Waals surface area contributed by atoms with Crippen LogP contribution in [0.15, 0.2) is 12.7 Å². The molecule has 2 aromatic rings. The first-order valence-electron chi connectivity index (χ1n) is 9.35. The van der Waals surface area contributed by atoms with E-state index in [0.29, 0.717) is 0 Å². The molecule has 1 aliphatic rings. The van der Waals surface area contributed by atoms with Crippen LogP contribution in [0.5, 0.6) is 0 Å². The lowest BCUT2D eigenvalue weighted by atomic mass is 10.1. The van der Waals surface area contributed by atoms with Crippen LogP contribution >= 0.6 is 24.3 Å². The fraction of sp³-hybridized carbons (Fsp3) is 0.643. The van der Waals surface area contributed by atoms with Crippen molar-refractivity contribution in [2.24, 2.45) is 5.92 Å². The second kappa shape index (κ2) is 10.5. The van der Waals surface area contributed by atoms with E-state index in [9.17, 15) is 28.6 Å². The molecule has 5 N–H and O–H groups in total. The molecule has 2 unspecified atom stereocenters. The average Bonchev–Trinajstić information content (AvgIpc) is 3.27. The van der Waals surface area contributed by atoms with E-state index in [2.05, 4.69) is 23.8 Å². The Labute approximate surface area is 188 Å². The van der Waals surface area contributed by atoms with E-state index in [1.54, 1.807) is 13.8 Å². The van der Waals surface area contributed by atoms with Crippen molar-refractivity contribution in [2.45, 2.75) is 38.4 Å². The Morgan fingerprint density at radius 3 is 2.61 bits per heavy atom. The molecule has 184 valence electrons. The van der Waals surface area contributed by atoms with Crippen LogP contribution in [-0.4, -0.2) is 65.9 Å². The first kappa shape index (κ1) is 26.2. The van der Waals surface area contributed by atoms with E-state index in [-0.39, 0.29) is 29.5 Å². The van der Waals surface area contributed by atoms with E-state index < -0.39 is 55.5 Å². The summed E-state index contributed by atoms with van der Waals surface area (Å²) in [7, 11) is -10.8. The van der Waals surface area contributed by atoms with Gasteiger partial charge in [0.15, 0.2) is 17.7 Å². The van der Waals surface area contributed by atoms with Crippen LogP contribution in [0.4, 0.5) is 5.82 Å². The third-order valence-electron chi connectivity index (χ3n) is 4.31. The molecular formula is C14H22N5O11P3. The van der Waals surface area contributed by atoms with Crippen LogP contribution in [0.25, 0.3) is 11.2 Å². The number of fused-ring (bicyclic) bond motifs is 1. The lowest BCUT2D eigenvalue weighted by molar-refractivity contribution is -0.0495. The zero-order valence-electron chi connectivity index (χ0n) is 17.3. The largest absolute Gasteiger partial charge is 0.481 e. The van der Waals surface area contributed by atoms with E-state index >= 15 is 0 Å². The molecule has 1 saturated heterocycles. The van der Waals surface area contributed by atoms with Crippen molar-refractivity contribution >= 4 is 41.3 Å². The van der Waals surface area contributed by atoms with Crippen LogP contribution in [0.3, 0.4) is 0 Å². The van der Waals surface area contributed by atoms with E-state index in [1.165, 1.54) is 17.2 Å². The van der Waals surface area contributed by atoms with Crippen molar-refractivity contribution in [2.75, 3.05) is 18.9 Å². The second-order valence-corrected chi connectivity index (χ2v) is 10.7. The fourth-order valence-electron chi connectivity index (χ4n) is 2.91. The van der Waals surface area contributed by atoms with Gasteiger partial charge in [0.25, 0.3) is 0 Å². The van der Waals surface area contributed by atoms with Crippen molar-refractivity contribution in [3.8, 4) is 0 Å². The summed E-state index contributed by atoms with van der Waals surface area (Å²) in [6, 6.07) is 0. The Morgan fingerprint density at radius 2 is 1.94 bits per heavy atom. The minimum atomic E-state index is -5.11. The number of nitrogens with two attached hydrogens (primary N) is 1. The number of imidazole rings is 1. The molecule has 2 aromatic heterocycles. The predicted octanol–water partition coefficient (Wildman–Crippen LogP) is 1.17. The zero-order valence-corrected chi connectivity index (χ0v) is 20.0. The predicted molar refractivity (Wildman–Crippen MR) is 110 cm³/mol. The van der Waals surface area contributed by atoms with Crippen LogP contribution in [0.2, 0.25) is 0 Å². The number of phosphoric ester groups is 2. The topological polar surface area (TPSA) is 228 Å². The van der Waals surface area contributed by atoms with E-state index in [1.807, 2.05) is 0 Å². The van der Waals surface area contributed by atoms with Crippen molar-refractivity contribution in [1.29, 1.82) is 0 Å². The number of nitrogen functional groups attached to an aromatic ring is 1. The first-order chi connectivity index (χ1) is 15.4. The quantitative estimate of drug-likeness (QED) is 0.299. The molecule has 3 rings (SSSR count). The molecular weight excluding hydrogens is 507 g/mol. The summed E-state index contributed by atoms with van der Waals surface area (Å²) in [5, 5.41) is 10.6. The number of hydrogen-bond donors (Lipinski definition) is 4. The summed E-state index contributed by atoms with van der Waals surface area (Å²) >= 11 is 0. The summed E-state index contributed by atoms with van der Waals surface area (Å²) in [4.78, 5) is 31.3. The van der Waals surface area contributed by atoms with Gasteiger partial charge < -0.3 is 25.4 Å². The first-order valence-corrected chi connectivity index (χ1v) is 13.1. The van der Waals surface area contributed by atoms with Gasteiger partial charge in [0.1, 0.15) is 30.2 Å². The van der Waals surface area contributed by atoms with Crippen molar-refractivity contribution in [3.05, 3.63) is 12.7 Å². The smallest absolute Gasteiger partial charge is 0.386 e. The minimum Gasteiger partial charge on any atom is -0.386 e. The molecule has 0 bridgehead atoms. The van der Waals surface area contributed by atoms with Crippen LogP contribution < -0.4 is 5.73 Å². The summed E-state index contributed by atoms with van der Waals surface area (Å²) < 4.78 is 60.5. The Balaban J connectivity index is 1.73. The summed E-state index contributed by atoms with van der Waals surface area (Å²) in [6.45, 7) is 2.41. The van der Waals surface area contributed by atoms with Crippen molar-refractivity contribution in [3.63, 3.8) is 0 Å². The third kappa shape index (κ3) is 6.38. The number of rotatable bonds is 11. The highest BCUT2D eigenvalue weighted by Gasteiger charge is 2.48. The Bertz CT molecular complexity index is 1080. The number of hydrogen-bond acceptors (Lipinski definition) is 13.